The van der Waals surface area contributed by atoms with Crippen LogP contribution in [-0.4, -0.2) is 23.5 Å². The molecule has 2 atom stereocenters. The van der Waals surface area contributed by atoms with E-state index in [1.165, 1.54) is 0 Å². The van der Waals surface area contributed by atoms with Crippen LogP contribution in [0.1, 0.15) is 71.6 Å². The van der Waals surface area contributed by atoms with Crippen molar-refractivity contribution in [1.82, 2.24) is 0 Å². The molecule has 124 valence electrons. The van der Waals surface area contributed by atoms with Crippen LogP contribution in [0, 0.1) is 11.8 Å². The van der Waals surface area contributed by atoms with E-state index in [-0.39, 0.29) is 6.42 Å². The summed E-state index contributed by atoms with van der Waals surface area (Å²) in [6, 6.07) is 0. The number of hydrogen-bond acceptors (Lipinski definition) is 5. The first-order chi connectivity index (χ1) is 10.5. The minimum absolute atomic E-state index is 0.191. The fraction of sp³-hybridized carbons (Fsp3) is 0.765. The third-order valence-corrected chi connectivity index (χ3v) is 4.04. The fourth-order valence-corrected chi connectivity index (χ4v) is 2.68. The van der Waals surface area contributed by atoms with Crippen LogP contribution in [-0.2, 0) is 23.9 Å². The maximum atomic E-state index is 12.3. The molecule has 1 heterocycles. The van der Waals surface area contributed by atoms with Crippen LogP contribution >= 0.6 is 0 Å². The Labute approximate surface area is 131 Å². The normalized spacial score (nSPS) is 21.8. The number of esters is 2. The molecule has 0 aromatic carbocycles. The molecular formula is C17H26O5. The summed E-state index contributed by atoms with van der Waals surface area (Å²) in [6.45, 7) is 4.08. The third kappa shape index (κ3) is 5.04. The predicted molar refractivity (Wildman–Crippen MR) is 81.0 cm³/mol. The van der Waals surface area contributed by atoms with Gasteiger partial charge in [0, 0.05) is 6.42 Å². The maximum absolute atomic E-state index is 12.3. The monoisotopic (exact) mass is 310 g/mol. The minimum atomic E-state index is -1.38. The number of carbonyl (C=O) groups excluding carboxylic acids is 4. The zero-order valence-corrected chi connectivity index (χ0v) is 13.6. The van der Waals surface area contributed by atoms with E-state index in [1.807, 2.05) is 6.92 Å². The van der Waals surface area contributed by atoms with Gasteiger partial charge in [0.1, 0.15) is 5.92 Å². The number of ketones is 2. The van der Waals surface area contributed by atoms with Gasteiger partial charge in [-0.15, -0.1) is 0 Å². The van der Waals surface area contributed by atoms with Crippen molar-refractivity contribution in [2.75, 3.05) is 0 Å². The van der Waals surface area contributed by atoms with Gasteiger partial charge in [0.15, 0.2) is 17.5 Å². The Balaban J connectivity index is 2.64. The first-order valence-corrected chi connectivity index (χ1v) is 8.34. The molecule has 0 aromatic heterocycles. The average molecular weight is 310 g/mol. The number of rotatable bonds is 10. The van der Waals surface area contributed by atoms with E-state index >= 15 is 0 Å². The lowest BCUT2D eigenvalue weighted by Gasteiger charge is -2.24. The average Bonchev–Trinajstić information content (AvgIpc) is 2.46. The second kappa shape index (κ2) is 9.49. The van der Waals surface area contributed by atoms with Crippen molar-refractivity contribution in [3.05, 3.63) is 0 Å². The molecule has 0 aromatic rings. The van der Waals surface area contributed by atoms with Gasteiger partial charge in [0.25, 0.3) is 0 Å². The summed E-state index contributed by atoms with van der Waals surface area (Å²) in [4.78, 5) is 47.9. The van der Waals surface area contributed by atoms with E-state index in [0.717, 1.165) is 38.5 Å². The molecule has 1 aliphatic heterocycles. The van der Waals surface area contributed by atoms with Crippen molar-refractivity contribution >= 4 is 23.5 Å². The van der Waals surface area contributed by atoms with Gasteiger partial charge in [0.2, 0.25) is 0 Å². The predicted octanol–water partition coefficient (Wildman–Crippen LogP) is 2.99. The van der Waals surface area contributed by atoms with E-state index in [0.29, 0.717) is 12.8 Å². The smallest absolute Gasteiger partial charge is 0.331 e. The number of ether oxygens (including phenoxy) is 1. The quantitative estimate of drug-likeness (QED) is 0.352. The van der Waals surface area contributed by atoms with Gasteiger partial charge in [-0.05, 0) is 12.8 Å². The Kier molecular flexibility index (Phi) is 7.99. The van der Waals surface area contributed by atoms with Gasteiger partial charge >= 0.3 is 11.9 Å². The molecule has 0 bridgehead atoms. The molecule has 0 radical (unpaired) electrons. The molecule has 0 N–H and O–H groups in total. The molecule has 0 amide bonds. The molecule has 1 saturated heterocycles. The zero-order valence-electron chi connectivity index (χ0n) is 13.6. The molecule has 0 aliphatic carbocycles. The Bertz CT molecular complexity index is 427. The summed E-state index contributed by atoms with van der Waals surface area (Å²) >= 11 is 0. The van der Waals surface area contributed by atoms with Crippen molar-refractivity contribution < 1.29 is 23.9 Å². The van der Waals surface area contributed by atoms with E-state index in [2.05, 4.69) is 11.7 Å². The topological polar surface area (TPSA) is 77.5 Å². The van der Waals surface area contributed by atoms with Gasteiger partial charge in [0.05, 0.1) is 0 Å². The van der Waals surface area contributed by atoms with E-state index in [1.54, 1.807) is 0 Å². The van der Waals surface area contributed by atoms with Crippen molar-refractivity contribution in [2.24, 2.45) is 11.8 Å². The number of Topliss-reactive ketones (excluding diaryl/α,β-unsaturated/α-hetero) is 2. The highest BCUT2D eigenvalue weighted by atomic mass is 16.6. The highest BCUT2D eigenvalue weighted by molar-refractivity contribution is 6.25. The largest absolute Gasteiger partial charge is 0.392 e. The maximum Gasteiger partial charge on any atom is 0.331 e. The van der Waals surface area contributed by atoms with Crippen LogP contribution in [0.2, 0.25) is 0 Å². The zero-order chi connectivity index (χ0) is 16.5. The summed E-state index contributed by atoms with van der Waals surface area (Å²) in [5.74, 6) is -5.07. The van der Waals surface area contributed by atoms with Crippen LogP contribution in [0.25, 0.3) is 0 Å². The molecule has 5 nitrogen and oxygen atoms in total. The minimum Gasteiger partial charge on any atom is -0.392 e. The Morgan fingerprint density at radius 1 is 0.909 bits per heavy atom. The van der Waals surface area contributed by atoms with Crippen molar-refractivity contribution in [3.63, 3.8) is 0 Å². The number of unbranched alkanes of at least 4 members (excludes halogenated alkanes) is 5. The first kappa shape index (κ1) is 18.5. The molecule has 22 heavy (non-hydrogen) atoms. The third-order valence-electron chi connectivity index (χ3n) is 4.04. The second-order valence-electron chi connectivity index (χ2n) is 5.90. The van der Waals surface area contributed by atoms with Crippen molar-refractivity contribution in [2.45, 2.75) is 71.6 Å². The molecule has 1 rings (SSSR count). The number of hydrogen-bond donors (Lipinski definition) is 0. The lowest BCUT2D eigenvalue weighted by molar-refractivity contribution is -0.175. The number of cyclic esters (lactones) is 2. The Hall–Kier alpha value is -1.52. The SMILES string of the molecule is CCCCCCC1C(=O)OC(=O)C(C(=O)CCCCC)C1=O. The first-order valence-electron chi connectivity index (χ1n) is 8.34. The van der Waals surface area contributed by atoms with E-state index < -0.39 is 35.3 Å². The van der Waals surface area contributed by atoms with Crippen LogP contribution < -0.4 is 0 Å². The second-order valence-corrected chi connectivity index (χ2v) is 5.90. The standard InChI is InChI=1S/C17H26O5/c1-3-5-7-9-10-12-15(19)14(17(21)22-16(12)20)13(18)11-8-6-4-2/h12,14H,3-11H2,1-2H3. The summed E-state index contributed by atoms with van der Waals surface area (Å²) in [7, 11) is 0. The van der Waals surface area contributed by atoms with Gasteiger partial charge in [-0.25, -0.2) is 0 Å². The van der Waals surface area contributed by atoms with E-state index in [4.69, 9.17) is 0 Å². The molecule has 1 fully saturated rings. The highest BCUT2D eigenvalue weighted by Crippen LogP contribution is 2.25. The molecule has 0 saturated carbocycles. The van der Waals surface area contributed by atoms with Gasteiger partial charge < -0.3 is 4.74 Å². The molecule has 5 heteroatoms. The van der Waals surface area contributed by atoms with Gasteiger partial charge in [-0.3, -0.25) is 19.2 Å². The fourth-order valence-electron chi connectivity index (χ4n) is 2.68. The summed E-state index contributed by atoms with van der Waals surface area (Å²) in [5.41, 5.74) is 0. The Morgan fingerprint density at radius 2 is 1.55 bits per heavy atom. The lowest BCUT2D eigenvalue weighted by Crippen LogP contribution is -2.46. The van der Waals surface area contributed by atoms with Crippen molar-refractivity contribution in [3.8, 4) is 0 Å². The molecule has 2 unspecified atom stereocenters. The molecule has 0 spiro atoms. The summed E-state index contributed by atoms with van der Waals surface area (Å²) in [6.07, 6.45) is 6.78. The van der Waals surface area contributed by atoms with E-state index in [9.17, 15) is 19.2 Å². The van der Waals surface area contributed by atoms with Gasteiger partial charge in [-0.1, -0.05) is 52.4 Å². The summed E-state index contributed by atoms with van der Waals surface area (Å²) in [5, 5.41) is 0. The van der Waals surface area contributed by atoms with Crippen LogP contribution in [0.4, 0.5) is 0 Å². The highest BCUT2D eigenvalue weighted by Gasteiger charge is 2.47. The Morgan fingerprint density at radius 3 is 2.18 bits per heavy atom. The molecular weight excluding hydrogens is 284 g/mol. The van der Waals surface area contributed by atoms with Gasteiger partial charge in [-0.2, -0.15) is 0 Å². The van der Waals surface area contributed by atoms with Crippen LogP contribution in [0.3, 0.4) is 0 Å². The molecule has 1 aliphatic rings. The van der Waals surface area contributed by atoms with Crippen LogP contribution in [0.5, 0.6) is 0 Å². The number of carbonyl (C=O) groups is 4. The van der Waals surface area contributed by atoms with Crippen LogP contribution in [0.15, 0.2) is 0 Å². The van der Waals surface area contributed by atoms with Crippen molar-refractivity contribution in [1.29, 1.82) is 0 Å². The lowest BCUT2D eigenvalue weighted by atomic mass is 9.83. The summed E-state index contributed by atoms with van der Waals surface area (Å²) < 4.78 is 4.65.